The van der Waals surface area contributed by atoms with E-state index in [1.54, 1.807) is 0 Å². The topological polar surface area (TPSA) is 26.0 Å². The standard InChI is InChI=1S/C19H33N/c1-3-4-5-6-7-8-9-10-11-12-13-18-16-17(2)14-15-19(18)20/h14-16H,3-13,20H2,1-2H3. The fourth-order valence-corrected chi connectivity index (χ4v) is 2.75. The predicted molar refractivity (Wildman–Crippen MR) is 91.1 cm³/mol. The third-order valence-electron chi connectivity index (χ3n) is 4.10. The first-order valence-electron chi connectivity index (χ1n) is 8.59. The largest absolute Gasteiger partial charge is 0.399 e. The summed E-state index contributed by atoms with van der Waals surface area (Å²) in [5.41, 5.74) is 9.63. The summed E-state index contributed by atoms with van der Waals surface area (Å²) in [5, 5.41) is 0. The maximum absolute atomic E-state index is 6.01. The Balaban J connectivity index is 1.98. The van der Waals surface area contributed by atoms with Gasteiger partial charge in [-0.2, -0.15) is 0 Å². The maximum Gasteiger partial charge on any atom is 0.0346 e. The van der Waals surface area contributed by atoms with Gasteiger partial charge < -0.3 is 5.73 Å². The van der Waals surface area contributed by atoms with Crippen molar-refractivity contribution in [1.29, 1.82) is 0 Å². The van der Waals surface area contributed by atoms with E-state index in [4.69, 9.17) is 5.73 Å². The summed E-state index contributed by atoms with van der Waals surface area (Å²) in [6.07, 6.45) is 15.1. The van der Waals surface area contributed by atoms with Crippen LogP contribution in [0.25, 0.3) is 0 Å². The molecule has 0 radical (unpaired) electrons. The minimum absolute atomic E-state index is 0.964. The van der Waals surface area contributed by atoms with E-state index in [2.05, 4.69) is 26.0 Å². The molecule has 1 aromatic rings. The maximum atomic E-state index is 6.01. The number of benzene rings is 1. The van der Waals surface area contributed by atoms with Crippen LogP contribution in [0.1, 0.15) is 82.3 Å². The van der Waals surface area contributed by atoms with Gasteiger partial charge in [0.1, 0.15) is 0 Å². The Labute approximate surface area is 126 Å². The van der Waals surface area contributed by atoms with Crippen LogP contribution in [-0.4, -0.2) is 0 Å². The van der Waals surface area contributed by atoms with E-state index in [1.165, 1.54) is 75.3 Å². The minimum atomic E-state index is 0.964. The Hall–Kier alpha value is -0.980. The molecule has 20 heavy (non-hydrogen) atoms. The van der Waals surface area contributed by atoms with Gasteiger partial charge >= 0.3 is 0 Å². The van der Waals surface area contributed by atoms with Crippen LogP contribution in [0.15, 0.2) is 18.2 Å². The lowest BCUT2D eigenvalue weighted by Gasteiger charge is -2.07. The molecule has 1 aromatic carbocycles. The highest BCUT2D eigenvalue weighted by atomic mass is 14.6. The predicted octanol–water partition coefficient (Wildman–Crippen LogP) is 6.04. The van der Waals surface area contributed by atoms with Crippen LogP contribution < -0.4 is 5.73 Å². The molecular formula is C19H33N. The number of hydrogen-bond acceptors (Lipinski definition) is 1. The molecule has 0 aliphatic heterocycles. The molecule has 0 saturated heterocycles. The third kappa shape index (κ3) is 7.57. The molecule has 1 rings (SSSR count). The van der Waals surface area contributed by atoms with E-state index in [0.29, 0.717) is 0 Å². The summed E-state index contributed by atoms with van der Waals surface area (Å²) in [7, 11) is 0. The normalized spacial score (nSPS) is 10.9. The van der Waals surface area contributed by atoms with Crippen molar-refractivity contribution in [2.45, 2.75) is 84.5 Å². The molecule has 0 aromatic heterocycles. The number of aryl methyl sites for hydroxylation is 2. The quantitative estimate of drug-likeness (QED) is 0.386. The van der Waals surface area contributed by atoms with E-state index < -0.39 is 0 Å². The first-order valence-corrected chi connectivity index (χ1v) is 8.59. The minimum Gasteiger partial charge on any atom is -0.399 e. The van der Waals surface area contributed by atoms with Gasteiger partial charge in [0.25, 0.3) is 0 Å². The second kappa shape index (κ2) is 10.8. The summed E-state index contributed by atoms with van der Waals surface area (Å²) in [4.78, 5) is 0. The number of nitrogen functional groups attached to an aromatic ring is 1. The highest BCUT2D eigenvalue weighted by molar-refractivity contribution is 5.48. The van der Waals surface area contributed by atoms with Crippen LogP contribution in [0.3, 0.4) is 0 Å². The number of unbranched alkanes of at least 4 members (excludes halogenated alkanes) is 9. The van der Waals surface area contributed by atoms with Gasteiger partial charge in [0.05, 0.1) is 0 Å². The summed E-state index contributed by atoms with van der Waals surface area (Å²) in [5.74, 6) is 0. The Bertz CT molecular complexity index is 357. The van der Waals surface area contributed by atoms with Gasteiger partial charge in [-0.05, 0) is 31.4 Å². The highest BCUT2D eigenvalue weighted by Crippen LogP contribution is 2.17. The first-order chi connectivity index (χ1) is 9.74. The summed E-state index contributed by atoms with van der Waals surface area (Å²) in [6, 6.07) is 6.38. The molecule has 0 saturated carbocycles. The second-order valence-corrected chi connectivity index (χ2v) is 6.13. The zero-order valence-corrected chi connectivity index (χ0v) is 13.6. The van der Waals surface area contributed by atoms with Gasteiger partial charge in [0.15, 0.2) is 0 Å². The average molecular weight is 275 g/mol. The van der Waals surface area contributed by atoms with Gasteiger partial charge in [-0.3, -0.25) is 0 Å². The Morgan fingerprint density at radius 3 is 1.95 bits per heavy atom. The number of nitrogens with two attached hydrogens (primary N) is 1. The van der Waals surface area contributed by atoms with Crippen LogP contribution in [0, 0.1) is 6.92 Å². The van der Waals surface area contributed by atoms with Gasteiger partial charge in [-0.15, -0.1) is 0 Å². The van der Waals surface area contributed by atoms with Gasteiger partial charge in [-0.1, -0.05) is 82.4 Å². The van der Waals surface area contributed by atoms with E-state index in [0.717, 1.165) is 12.1 Å². The molecule has 1 heteroatoms. The zero-order valence-electron chi connectivity index (χ0n) is 13.6. The van der Waals surface area contributed by atoms with E-state index in [1.807, 2.05) is 6.07 Å². The highest BCUT2D eigenvalue weighted by Gasteiger charge is 1.99. The molecule has 0 spiro atoms. The molecule has 114 valence electrons. The first kappa shape index (κ1) is 17.1. The molecular weight excluding hydrogens is 242 g/mol. The summed E-state index contributed by atoms with van der Waals surface area (Å²) in [6.45, 7) is 4.42. The Morgan fingerprint density at radius 1 is 0.800 bits per heavy atom. The number of rotatable bonds is 11. The second-order valence-electron chi connectivity index (χ2n) is 6.13. The van der Waals surface area contributed by atoms with Crippen molar-refractivity contribution in [3.8, 4) is 0 Å². The van der Waals surface area contributed by atoms with Crippen LogP contribution in [0.4, 0.5) is 5.69 Å². The lowest BCUT2D eigenvalue weighted by atomic mass is 10.0. The molecule has 0 aliphatic carbocycles. The van der Waals surface area contributed by atoms with Crippen LogP contribution in [0.5, 0.6) is 0 Å². The Kier molecular flexibility index (Phi) is 9.19. The monoisotopic (exact) mass is 275 g/mol. The fraction of sp³-hybridized carbons (Fsp3) is 0.684. The van der Waals surface area contributed by atoms with Crippen LogP contribution in [-0.2, 0) is 6.42 Å². The summed E-state index contributed by atoms with van der Waals surface area (Å²) >= 11 is 0. The zero-order chi connectivity index (χ0) is 14.6. The van der Waals surface area contributed by atoms with Gasteiger partial charge in [0, 0.05) is 5.69 Å². The molecule has 0 atom stereocenters. The molecule has 0 fully saturated rings. The smallest absolute Gasteiger partial charge is 0.0346 e. The fourth-order valence-electron chi connectivity index (χ4n) is 2.75. The van der Waals surface area contributed by atoms with E-state index >= 15 is 0 Å². The molecule has 0 unspecified atom stereocenters. The Morgan fingerprint density at radius 2 is 1.35 bits per heavy atom. The van der Waals surface area contributed by atoms with E-state index in [-0.39, 0.29) is 0 Å². The van der Waals surface area contributed by atoms with Crippen molar-refractivity contribution in [2.75, 3.05) is 5.73 Å². The van der Waals surface area contributed by atoms with Crippen molar-refractivity contribution in [3.05, 3.63) is 29.3 Å². The lowest BCUT2D eigenvalue weighted by Crippen LogP contribution is -1.95. The number of hydrogen-bond donors (Lipinski definition) is 1. The third-order valence-corrected chi connectivity index (χ3v) is 4.10. The van der Waals surface area contributed by atoms with E-state index in [9.17, 15) is 0 Å². The van der Waals surface area contributed by atoms with Crippen LogP contribution in [0.2, 0.25) is 0 Å². The number of anilines is 1. The van der Waals surface area contributed by atoms with Gasteiger partial charge in [-0.25, -0.2) is 0 Å². The average Bonchev–Trinajstić information content (AvgIpc) is 2.44. The van der Waals surface area contributed by atoms with Crippen LogP contribution >= 0.6 is 0 Å². The molecule has 0 aliphatic rings. The van der Waals surface area contributed by atoms with Crippen molar-refractivity contribution < 1.29 is 0 Å². The SMILES string of the molecule is CCCCCCCCCCCCc1cc(C)ccc1N. The van der Waals surface area contributed by atoms with Crippen molar-refractivity contribution in [1.82, 2.24) is 0 Å². The molecule has 2 N–H and O–H groups in total. The molecule has 1 nitrogen and oxygen atoms in total. The lowest BCUT2D eigenvalue weighted by molar-refractivity contribution is 0.556. The van der Waals surface area contributed by atoms with Crippen molar-refractivity contribution in [3.63, 3.8) is 0 Å². The molecule has 0 bridgehead atoms. The van der Waals surface area contributed by atoms with Crippen molar-refractivity contribution >= 4 is 5.69 Å². The summed E-state index contributed by atoms with van der Waals surface area (Å²) < 4.78 is 0. The molecule has 0 amide bonds. The van der Waals surface area contributed by atoms with Gasteiger partial charge in [0.2, 0.25) is 0 Å². The van der Waals surface area contributed by atoms with Crippen molar-refractivity contribution in [2.24, 2.45) is 0 Å². The molecule has 0 heterocycles.